The van der Waals surface area contributed by atoms with Crippen molar-refractivity contribution in [2.45, 2.75) is 26.2 Å². The Balaban J connectivity index is 2.00. The van der Waals surface area contributed by atoms with Crippen molar-refractivity contribution >= 4 is 11.9 Å². The zero-order valence-corrected chi connectivity index (χ0v) is 12.5. The first-order valence-electron chi connectivity index (χ1n) is 7.38. The van der Waals surface area contributed by atoms with Crippen LogP contribution in [0.25, 0.3) is 11.4 Å². The summed E-state index contributed by atoms with van der Waals surface area (Å²) in [6.45, 7) is 4.00. The maximum atomic E-state index is 4.65. The highest BCUT2D eigenvalue weighted by Crippen LogP contribution is 2.21. The average molecular weight is 284 g/mol. The van der Waals surface area contributed by atoms with E-state index in [1.807, 2.05) is 26.1 Å². The van der Waals surface area contributed by atoms with Crippen molar-refractivity contribution in [2.24, 2.45) is 0 Å². The van der Waals surface area contributed by atoms with Gasteiger partial charge in [-0.3, -0.25) is 4.98 Å². The molecule has 1 aliphatic rings. The van der Waals surface area contributed by atoms with E-state index in [9.17, 15) is 0 Å². The lowest BCUT2D eigenvalue weighted by atomic mass is 10.1. The van der Waals surface area contributed by atoms with Crippen LogP contribution in [-0.2, 0) is 0 Å². The van der Waals surface area contributed by atoms with E-state index in [2.05, 4.69) is 30.2 Å². The zero-order chi connectivity index (χ0) is 14.7. The molecule has 0 spiro atoms. The molecule has 0 bridgehead atoms. The molecule has 2 aromatic heterocycles. The summed E-state index contributed by atoms with van der Waals surface area (Å²) in [6.07, 6.45) is 5.47. The first-order chi connectivity index (χ1) is 10.3. The first kappa shape index (κ1) is 13.7. The molecule has 0 saturated carbocycles. The van der Waals surface area contributed by atoms with Gasteiger partial charge in [0.15, 0.2) is 5.82 Å². The molecule has 21 heavy (non-hydrogen) atoms. The molecule has 3 rings (SSSR count). The summed E-state index contributed by atoms with van der Waals surface area (Å²) in [5.41, 5.74) is 1.93. The Labute approximate surface area is 124 Å². The van der Waals surface area contributed by atoms with E-state index < -0.39 is 0 Å². The summed E-state index contributed by atoms with van der Waals surface area (Å²) in [6, 6.07) is 3.93. The summed E-state index contributed by atoms with van der Waals surface area (Å²) in [5.74, 6) is 2.06. The molecule has 110 valence electrons. The molecular weight excluding hydrogens is 264 g/mol. The van der Waals surface area contributed by atoms with Crippen molar-refractivity contribution in [3.05, 3.63) is 24.0 Å². The van der Waals surface area contributed by atoms with Gasteiger partial charge in [-0.1, -0.05) is 0 Å². The summed E-state index contributed by atoms with van der Waals surface area (Å²) in [7, 11) is 1.83. The van der Waals surface area contributed by atoms with Crippen molar-refractivity contribution in [1.29, 1.82) is 0 Å². The standard InChI is InChI=1S/C15H20N6/c1-11-10-12(6-7-17-11)13-18-14(16-2)20-15(19-13)21-8-4-3-5-9-21/h6-7,10H,3-5,8-9H2,1-2H3,(H,16,18,19,20). The van der Waals surface area contributed by atoms with E-state index >= 15 is 0 Å². The van der Waals surface area contributed by atoms with Crippen molar-refractivity contribution in [1.82, 2.24) is 19.9 Å². The van der Waals surface area contributed by atoms with Crippen LogP contribution >= 0.6 is 0 Å². The fraction of sp³-hybridized carbons (Fsp3) is 0.467. The number of pyridine rings is 1. The molecule has 6 heteroatoms. The quantitative estimate of drug-likeness (QED) is 0.932. The maximum absolute atomic E-state index is 4.65. The minimum absolute atomic E-state index is 0.607. The predicted molar refractivity (Wildman–Crippen MR) is 83.4 cm³/mol. The van der Waals surface area contributed by atoms with Gasteiger partial charge in [0.1, 0.15) is 0 Å². The van der Waals surface area contributed by atoms with Crippen LogP contribution in [0.4, 0.5) is 11.9 Å². The van der Waals surface area contributed by atoms with Crippen LogP contribution in [0.3, 0.4) is 0 Å². The minimum atomic E-state index is 0.607. The molecule has 0 atom stereocenters. The van der Waals surface area contributed by atoms with Crippen molar-refractivity contribution < 1.29 is 0 Å². The van der Waals surface area contributed by atoms with Gasteiger partial charge in [-0.15, -0.1) is 0 Å². The van der Waals surface area contributed by atoms with Crippen LogP contribution in [0.1, 0.15) is 25.0 Å². The Morgan fingerprint density at radius 1 is 1.10 bits per heavy atom. The van der Waals surface area contributed by atoms with Gasteiger partial charge in [0.2, 0.25) is 11.9 Å². The Morgan fingerprint density at radius 2 is 1.90 bits per heavy atom. The van der Waals surface area contributed by atoms with Crippen LogP contribution in [-0.4, -0.2) is 40.1 Å². The normalized spacial score (nSPS) is 15.0. The number of aryl methyl sites for hydroxylation is 1. The van der Waals surface area contributed by atoms with Gasteiger partial charge < -0.3 is 10.2 Å². The Hall–Kier alpha value is -2.24. The van der Waals surface area contributed by atoms with Crippen molar-refractivity contribution in [2.75, 3.05) is 30.4 Å². The fourth-order valence-corrected chi connectivity index (χ4v) is 2.53. The topological polar surface area (TPSA) is 66.8 Å². The van der Waals surface area contributed by atoms with Crippen LogP contribution in [0, 0.1) is 6.92 Å². The molecule has 3 heterocycles. The number of anilines is 2. The van der Waals surface area contributed by atoms with Crippen molar-refractivity contribution in [3.63, 3.8) is 0 Å². The molecule has 2 aromatic rings. The predicted octanol–water partition coefficient (Wildman–Crippen LogP) is 2.27. The van der Waals surface area contributed by atoms with Gasteiger partial charge in [-0.2, -0.15) is 15.0 Å². The van der Waals surface area contributed by atoms with Crippen LogP contribution in [0.5, 0.6) is 0 Å². The van der Waals surface area contributed by atoms with Gasteiger partial charge in [-0.25, -0.2) is 0 Å². The number of hydrogen-bond acceptors (Lipinski definition) is 6. The minimum Gasteiger partial charge on any atom is -0.357 e. The van der Waals surface area contributed by atoms with Gasteiger partial charge >= 0.3 is 0 Å². The lowest BCUT2D eigenvalue weighted by Crippen LogP contribution is -2.31. The van der Waals surface area contributed by atoms with Gasteiger partial charge in [-0.05, 0) is 38.3 Å². The molecule has 1 saturated heterocycles. The number of aromatic nitrogens is 4. The van der Waals surface area contributed by atoms with E-state index in [-0.39, 0.29) is 0 Å². The van der Waals surface area contributed by atoms with E-state index in [0.717, 1.165) is 30.3 Å². The second-order valence-corrected chi connectivity index (χ2v) is 5.27. The molecule has 1 N–H and O–H groups in total. The lowest BCUT2D eigenvalue weighted by Gasteiger charge is -2.26. The van der Waals surface area contributed by atoms with E-state index in [0.29, 0.717) is 11.8 Å². The van der Waals surface area contributed by atoms with E-state index in [1.165, 1.54) is 19.3 Å². The highest BCUT2D eigenvalue weighted by Gasteiger charge is 2.16. The number of hydrogen-bond donors (Lipinski definition) is 1. The monoisotopic (exact) mass is 284 g/mol. The van der Waals surface area contributed by atoms with E-state index in [4.69, 9.17) is 0 Å². The number of nitrogens with zero attached hydrogens (tertiary/aromatic N) is 5. The molecule has 0 aromatic carbocycles. The first-order valence-corrected chi connectivity index (χ1v) is 7.38. The summed E-state index contributed by atoms with van der Waals surface area (Å²) in [5, 5.41) is 3.03. The fourth-order valence-electron chi connectivity index (χ4n) is 2.53. The summed E-state index contributed by atoms with van der Waals surface area (Å²) < 4.78 is 0. The molecule has 0 aliphatic carbocycles. The Bertz CT molecular complexity index is 621. The highest BCUT2D eigenvalue weighted by molar-refractivity contribution is 5.58. The summed E-state index contributed by atoms with van der Waals surface area (Å²) in [4.78, 5) is 20.1. The smallest absolute Gasteiger partial charge is 0.230 e. The number of nitrogens with one attached hydrogen (secondary N) is 1. The summed E-state index contributed by atoms with van der Waals surface area (Å²) >= 11 is 0. The third kappa shape index (κ3) is 3.09. The average Bonchev–Trinajstić information content (AvgIpc) is 2.55. The Kier molecular flexibility index (Phi) is 3.94. The largest absolute Gasteiger partial charge is 0.357 e. The number of rotatable bonds is 3. The number of piperidine rings is 1. The molecule has 1 aliphatic heterocycles. The van der Waals surface area contributed by atoms with Crippen LogP contribution in [0.2, 0.25) is 0 Å². The van der Waals surface area contributed by atoms with Gasteiger partial charge in [0, 0.05) is 37.6 Å². The molecule has 1 fully saturated rings. The lowest BCUT2D eigenvalue weighted by molar-refractivity contribution is 0.568. The molecule has 6 nitrogen and oxygen atoms in total. The van der Waals surface area contributed by atoms with Crippen LogP contribution < -0.4 is 10.2 Å². The zero-order valence-electron chi connectivity index (χ0n) is 12.5. The Morgan fingerprint density at radius 3 is 2.62 bits per heavy atom. The molecule has 0 radical (unpaired) electrons. The molecule has 0 amide bonds. The van der Waals surface area contributed by atoms with E-state index in [1.54, 1.807) is 6.20 Å². The maximum Gasteiger partial charge on any atom is 0.230 e. The SMILES string of the molecule is CNc1nc(-c2ccnc(C)c2)nc(N2CCCCC2)n1. The van der Waals surface area contributed by atoms with Crippen molar-refractivity contribution in [3.8, 4) is 11.4 Å². The molecule has 0 unspecified atom stereocenters. The third-order valence-electron chi connectivity index (χ3n) is 3.64. The van der Waals surface area contributed by atoms with Gasteiger partial charge in [0.25, 0.3) is 0 Å². The second-order valence-electron chi connectivity index (χ2n) is 5.27. The highest BCUT2D eigenvalue weighted by atomic mass is 15.3. The van der Waals surface area contributed by atoms with Crippen LogP contribution in [0.15, 0.2) is 18.3 Å². The van der Waals surface area contributed by atoms with Gasteiger partial charge in [0.05, 0.1) is 0 Å². The third-order valence-corrected chi connectivity index (χ3v) is 3.64. The molecular formula is C15H20N6. The second kappa shape index (κ2) is 6.03.